The fraction of sp³-hybridized carbons (Fsp3) is 0.929. The molecular formula is C14H26N2O4S. The van der Waals surface area contributed by atoms with E-state index in [2.05, 4.69) is 6.92 Å². The van der Waals surface area contributed by atoms with Gasteiger partial charge in [0.15, 0.2) is 0 Å². The van der Waals surface area contributed by atoms with E-state index in [1.54, 1.807) is 6.92 Å². The van der Waals surface area contributed by atoms with Gasteiger partial charge in [-0.15, -0.1) is 0 Å². The number of esters is 1. The second kappa shape index (κ2) is 7.07. The molecule has 0 saturated carbocycles. The van der Waals surface area contributed by atoms with Crippen LogP contribution in [0.2, 0.25) is 0 Å². The molecule has 2 aliphatic rings. The molecular weight excluding hydrogens is 292 g/mol. The average Bonchev–Trinajstić information content (AvgIpc) is 2.48. The topological polar surface area (TPSA) is 66.9 Å². The molecule has 0 aromatic heterocycles. The first-order chi connectivity index (χ1) is 9.96. The normalized spacial score (nSPS) is 26.7. The van der Waals surface area contributed by atoms with Gasteiger partial charge in [-0.3, -0.25) is 4.79 Å². The molecule has 6 nitrogen and oxygen atoms in total. The fourth-order valence-corrected chi connectivity index (χ4v) is 4.86. The summed E-state index contributed by atoms with van der Waals surface area (Å²) in [7, 11) is -3.56. The van der Waals surface area contributed by atoms with E-state index in [1.165, 1.54) is 8.61 Å². The second-order valence-electron chi connectivity index (χ2n) is 5.96. The molecule has 2 rings (SSSR count). The Kier molecular flexibility index (Phi) is 5.62. The number of rotatable bonds is 4. The number of nitrogens with zero attached hydrogens (tertiary/aromatic N) is 2. The first-order valence-electron chi connectivity index (χ1n) is 7.90. The Morgan fingerprint density at radius 3 is 2.43 bits per heavy atom. The molecule has 1 atom stereocenters. The van der Waals surface area contributed by atoms with Gasteiger partial charge in [0.2, 0.25) is 0 Å². The van der Waals surface area contributed by atoms with Crippen LogP contribution < -0.4 is 0 Å². The maximum Gasteiger partial charge on any atom is 0.324 e. The predicted molar refractivity (Wildman–Crippen MR) is 79.9 cm³/mol. The number of hydrogen-bond acceptors (Lipinski definition) is 4. The van der Waals surface area contributed by atoms with Crippen LogP contribution in [0, 0.1) is 5.92 Å². The zero-order chi connectivity index (χ0) is 15.5. The Bertz CT molecular complexity index is 458. The number of hydrogen-bond donors (Lipinski definition) is 0. The molecule has 0 spiro atoms. The highest BCUT2D eigenvalue weighted by Gasteiger charge is 2.41. The molecule has 0 aromatic carbocycles. The molecule has 2 aliphatic heterocycles. The zero-order valence-corrected chi connectivity index (χ0v) is 13.8. The van der Waals surface area contributed by atoms with E-state index < -0.39 is 22.2 Å². The minimum Gasteiger partial charge on any atom is -0.465 e. The third kappa shape index (κ3) is 3.76. The lowest BCUT2D eigenvalue weighted by Crippen LogP contribution is -2.55. The molecule has 122 valence electrons. The van der Waals surface area contributed by atoms with Crippen LogP contribution in [-0.4, -0.2) is 55.3 Å². The number of ether oxygens (including phenoxy) is 1. The maximum absolute atomic E-state index is 12.8. The number of piperidine rings is 2. The summed E-state index contributed by atoms with van der Waals surface area (Å²) in [6.07, 6.45) is 4.00. The average molecular weight is 318 g/mol. The number of carbonyl (C=O) groups excluding carboxylic acids is 1. The first kappa shape index (κ1) is 16.7. The van der Waals surface area contributed by atoms with Crippen LogP contribution >= 0.6 is 0 Å². The van der Waals surface area contributed by atoms with E-state index in [0.717, 1.165) is 25.7 Å². The molecule has 0 radical (unpaired) electrons. The van der Waals surface area contributed by atoms with Crippen molar-refractivity contribution in [1.29, 1.82) is 0 Å². The van der Waals surface area contributed by atoms with Crippen LogP contribution in [0.15, 0.2) is 0 Å². The quantitative estimate of drug-likeness (QED) is 0.735. The molecule has 7 heteroatoms. The van der Waals surface area contributed by atoms with Gasteiger partial charge in [0.1, 0.15) is 6.04 Å². The summed E-state index contributed by atoms with van der Waals surface area (Å²) in [5, 5.41) is 0. The largest absolute Gasteiger partial charge is 0.465 e. The molecule has 2 heterocycles. The molecule has 2 saturated heterocycles. The Hall–Kier alpha value is -0.660. The van der Waals surface area contributed by atoms with Crippen LogP contribution in [0.5, 0.6) is 0 Å². The van der Waals surface area contributed by atoms with Crippen LogP contribution in [0.1, 0.15) is 46.0 Å². The van der Waals surface area contributed by atoms with Gasteiger partial charge < -0.3 is 4.74 Å². The lowest BCUT2D eigenvalue weighted by atomic mass is 10.0. The summed E-state index contributed by atoms with van der Waals surface area (Å²) in [5.41, 5.74) is 0. The first-order valence-corrected chi connectivity index (χ1v) is 9.30. The highest BCUT2D eigenvalue weighted by Crippen LogP contribution is 2.26. The van der Waals surface area contributed by atoms with E-state index in [-0.39, 0.29) is 6.61 Å². The zero-order valence-electron chi connectivity index (χ0n) is 13.0. The van der Waals surface area contributed by atoms with Gasteiger partial charge in [-0.2, -0.15) is 17.0 Å². The standard InChI is InChI=1S/C14H26N2O4S/c1-3-20-14(17)13-6-4-5-9-16(13)21(18,19)15-10-7-12(2)8-11-15/h12-13H,3-11H2,1-2H3. The van der Waals surface area contributed by atoms with Crippen molar-refractivity contribution < 1.29 is 17.9 Å². The summed E-state index contributed by atoms with van der Waals surface area (Å²) in [4.78, 5) is 12.0. The minimum absolute atomic E-state index is 0.282. The van der Waals surface area contributed by atoms with Gasteiger partial charge in [-0.1, -0.05) is 6.92 Å². The second-order valence-corrected chi connectivity index (χ2v) is 7.84. The molecule has 0 amide bonds. The van der Waals surface area contributed by atoms with Crippen molar-refractivity contribution >= 4 is 16.2 Å². The van der Waals surface area contributed by atoms with Crippen molar-refractivity contribution in [2.75, 3.05) is 26.2 Å². The van der Waals surface area contributed by atoms with Crippen molar-refractivity contribution in [2.24, 2.45) is 5.92 Å². The van der Waals surface area contributed by atoms with E-state index in [4.69, 9.17) is 4.74 Å². The van der Waals surface area contributed by atoms with Crippen LogP contribution in [-0.2, 0) is 19.7 Å². The van der Waals surface area contributed by atoms with Crippen molar-refractivity contribution in [3.8, 4) is 0 Å². The summed E-state index contributed by atoms with van der Waals surface area (Å²) < 4.78 is 33.6. The van der Waals surface area contributed by atoms with Crippen molar-refractivity contribution in [3.63, 3.8) is 0 Å². The maximum atomic E-state index is 12.8. The van der Waals surface area contributed by atoms with E-state index in [9.17, 15) is 13.2 Å². The fourth-order valence-electron chi connectivity index (χ4n) is 3.02. The lowest BCUT2D eigenvalue weighted by molar-refractivity contribution is -0.148. The highest BCUT2D eigenvalue weighted by atomic mass is 32.2. The summed E-state index contributed by atoms with van der Waals surface area (Å²) in [6.45, 7) is 5.69. The van der Waals surface area contributed by atoms with Gasteiger partial charge in [-0.05, 0) is 44.9 Å². The molecule has 0 aliphatic carbocycles. The van der Waals surface area contributed by atoms with Gasteiger partial charge in [0, 0.05) is 19.6 Å². The highest BCUT2D eigenvalue weighted by molar-refractivity contribution is 7.86. The third-order valence-corrected chi connectivity index (χ3v) is 6.43. The van der Waals surface area contributed by atoms with Crippen LogP contribution in [0.3, 0.4) is 0 Å². The van der Waals surface area contributed by atoms with E-state index in [0.29, 0.717) is 32.0 Å². The summed E-state index contributed by atoms with van der Waals surface area (Å²) in [5.74, 6) is 0.157. The smallest absolute Gasteiger partial charge is 0.324 e. The minimum atomic E-state index is -3.56. The van der Waals surface area contributed by atoms with Crippen molar-refractivity contribution in [1.82, 2.24) is 8.61 Å². The van der Waals surface area contributed by atoms with Crippen LogP contribution in [0.25, 0.3) is 0 Å². The number of carbonyl (C=O) groups is 1. The Morgan fingerprint density at radius 1 is 1.14 bits per heavy atom. The summed E-state index contributed by atoms with van der Waals surface area (Å²) >= 11 is 0. The molecule has 21 heavy (non-hydrogen) atoms. The Balaban J connectivity index is 2.13. The molecule has 0 bridgehead atoms. The van der Waals surface area contributed by atoms with Gasteiger partial charge in [0.25, 0.3) is 10.2 Å². The Labute approximate surface area is 127 Å². The van der Waals surface area contributed by atoms with Crippen LogP contribution in [0.4, 0.5) is 0 Å². The van der Waals surface area contributed by atoms with Gasteiger partial charge in [0.05, 0.1) is 6.61 Å². The molecule has 2 fully saturated rings. The van der Waals surface area contributed by atoms with E-state index >= 15 is 0 Å². The van der Waals surface area contributed by atoms with Crippen molar-refractivity contribution in [2.45, 2.75) is 52.0 Å². The Morgan fingerprint density at radius 2 is 1.81 bits per heavy atom. The monoisotopic (exact) mass is 318 g/mol. The van der Waals surface area contributed by atoms with Gasteiger partial charge >= 0.3 is 5.97 Å². The SMILES string of the molecule is CCOC(=O)C1CCCCN1S(=O)(=O)N1CCC(C)CC1. The molecule has 0 aromatic rings. The molecule has 1 unspecified atom stereocenters. The summed E-state index contributed by atoms with van der Waals surface area (Å²) in [6, 6.07) is -0.650. The van der Waals surface area contributed by atoms with E-state index in [1.807, 2.05) is 0 Å². The third-order valence-electron chi connectivity index (χ3n) is 4.38. The van der Waals surface area contributed by atoms with Crippen molar-refractivity contribution in [3.05, 3.63) is 0 Å². The molecule has 0 N–H and O–H groups in total. The lowest BCUT2D eigenvalue weighted by Gasteiger charge is -2.38. The predicted octanol–water partition coefficient (Wildman–Crippen LogP) is 1.38. The van der Waals surface area contributed by atoms with Gasteiger partial charge in [-0.25, -0.2) is 0 Å².